The first-order chi connectivity index (χ1) is 9.27. The van der Waals surface area contributed by atoms with Gasteiger partial charge in [0.2, 0.25) is 5.88 Å². The molecule has 0 aliphatic carbocycles. The Bertz CT molecular complexity index is 364. The third-order valence-corrected chi connectivity index (χ3v) is 2.73. The Morgan fingerprint density at radius 1 is 1.26 bits per heavy atom. The van der Waals surface area contributed by atoms with Crippen molar-refractivity contribution >= 4 is 11.6 Å². The number of pyridine rings is 1. The fraction of sp³-hybridized carbons (Fsp3) is 0.615. The van der Waals surface area contributed by atoms with Crippen molar-refractivity contribution in [2.75, 3.05) is 40.6 Å². The van der Waals surface area contributed by atoms with Crippen molar-refractivity contribution in [3.05, 3.63) is 22.8 Å². The molecule has 0 saturated heterocycles. The maximum absolute atomic E-state index is 6.01. The minimum Gasteiger partial charge on any atom is -0.475 e. The Hall–Kier alpha value is -0.880. The van der Waals surface area contributed by atoms with Crippen LogP contribution in [0.2, 0.25) is 5.02 Å². The van der Waals surface area contributed by atoms with Crippen LogP contribution in [0.1, 0.15) is 12.0 Å². The van der Waals surface area contributed by atoms with Crippen LogP contribution in [0.3, 0.4) is 0 Å². The molecule has 0 spiro atoms. The molecule has 0 aliphatic rings. The molecule has 1 aromatic rings. The average molecular weight is 289 g/mol. The van der Waals surface area contributed by atoms with Gasteiger partial charge in [-0.2, -0.15) is 0 Å². The smallest absolute Gasteiger partial charge is 0.213 e. The fourth-order valence-corrected chi connectivity index (χ4v) is 1.65. The van der Waals surface area contributed by atoms with Crippen LogP contribution >= 0.6 is 11.6 Å². The van der Waals surface area contributed by atoms with E-state index in [9.17, 15) is 0 Å². The Morgan fingerprint density at radius 3 is 2.84 bits per heavy atom. The van der Waals surface area contributed by atoms with E-state index in [1.165, 1.54) is 0 Å². The zero-order chi connectivity index (χ0) is 13.9. The first-order valence-corrected chi connectivity index (χ1v) is 6.64. The van der Waals surface area contributed by atoms with Gasteiger partial charge in [-0.15, -0.1) is 0 Å². The number of rotatable bonds is 10. The van der Waals surface area contributed by atoms with E-state index in [0.717, 1.165) is 12.0 Å². The van der Waals surface area contributed by atoms with E-state index in [0.29, 0.717) is 43.9 Å². The first kappa shape index (κ1) is 16.2. The van der Waals surface area contributed by atoms with E-state index in [-0.39, 0.29) is 0 Å². The second-order valence-corrected chi connectivity index (χ2v) is 4.36. The largest absolute Gasteiger partial charge is 0.475 e. The van der Waals surface area contributed by atoms with Crippen LogP contribution < -0.4 is 10.1 Å². The van der Waals surface area contributed by atoms with Crippen LogP contribution in [-0.2, 0) is 16.0 Å². The van der Waals surface area contributed by atoms with Crippen LogP contribution in [-0.4, -0.2) is 45.6 Å². The molecule has 5 nitrogen and oxygen atoms in total. The van der Waals surface area contributed by atoms with Gasteiger partial charge >= 0.3 is 0 Å². The summed E-state index contributed by atoms with van der Waals surface area (Å²) in [5.74, 6) is 0.565. The second-order valence-electron chi connectivity index (χ2n) is 3.95. The van der Waals surface area contributed by atoms with Crippen LogP contribution in [0.5, 0.6) is 5.88 Å². The van der Waals surface area contributed by atoms with E-state index in [2.05, 4.69) is 10.3 Å². The first-order valence-electron chi connectivity index (χ1n) is 6.26. The summed E-state index contributed by atoms with van der Waals surface area (Å²) in [6.45, 7) is 3.09. The summed E-state index contributed by atoms with van der Waals surface area (Å²) in [4.78, 5) is 4.11. The number of halogens is 1. The molecule has 1 heterocycles. The van der Waals surface area contributed by atoms with Crippen LogP contribution in [0, 0.1) is 0 Å². The number of ether oxygens (including phenoxy) is 3. The third kappa shape index (κ3) is 6.73. The van der Waals surface area contributed by atoms with Crippen LogP contribution in [0.4, 0.5) is 0 Å². The Labute approximate surface area is 119 Å². The van der Waals surface area contributed by atoms with E-state index in [4.69, 9.17) is 25.8 Å². The average Bonchev–Trinajstić information content (AvgIpc) is 2.41. The molecule has 1 N–H and O–H groups in total. The zero-order valence-corrected chi connectivity index (χ0v) is 12.2. The summed E-state index contributed by atoms with van der Waals surface area (Å²) in [5, 5.41) is 3.68. The Kier molecular flexibility index (Phi) is 8.49. The summed E-state index contributed by atoms with van der Waals surface area (Å²) in [6.07, 6.45) is 2.49. The molecule has 1 rings (SSSR count). The molecule has 0 bridgehead atoms. The lowest BCUT2D eigenvalue weighted by Crippen LogP contribution is -2.10. The number of methoxy groups -OCH3 is 1. The number of hydrogen-bond acceptors (Lipinski definition) is 5. The van der Waals surface area contributed by atoms with Crippen LogP contribution in [0.25, 0.3) is 0 Å². The monoisotopic (exact) mass is 288 g/mol. The highest BCUT2D eigenvalue weighted by atomic mass is 35.5. The SMILES string of the molecule is CNCc1cc(OCCOCCCOC)ncc1Cl. The van der Waals surface area contributed by atoms with Gasteiger partial charge in [0.15, 0.2) is 0 Å². The molecular formula is C13H21ClN2O3. The maximum atomic E-state index is 6.01. The van der Waals surface area contributed by atoms with Gasteiger partial charge in [-0.05, 0) is 19.0 Å². The van der Waals surface area contributed by atoms with Gasteiger partial charge in [-0.1, -0.05) is 11.6 Å². The molecule has 0 radical (unpaired) electrons. The van der Waals surface area contributed by atoms with Crippen molar-refractivity contribution < 1.29 is 14.2 Å². The van der Waals surface area contributed by atoms with Crippen molar-refractivity contribution in [3.63, 3.8) is 0 Å². The fourth-order valence-electron chi connectivity index (χ4n) is 1.48. The predicted molar refractivity (Wildman–Crippen MR) is 74.8 cm³/mol. The van der Waals surface area contributed by atoms with Gasteiger partial charge in [-0.3, -0.25) is 0 Å². The molecule has 0 amide bonds. The molecule has 0 atom stereocenters. The molecule has 0 unspecified atom stereocenters. The minimum absolute atomic E-state index is 0.473. The lowest BCUT2D eigenvalue weighted by Gasteiger charge is -2.09. The second kappa shape index (κ2) is 9.97. The van der Waals surface area contributed by atoms with E-state index in [1.807, 2.05) is 13.1 Å². The summed E-state index contributed by atoms with van der Waals surface area (Å²) < 4.78 is 15.8. The van der Waals surface area contributed by atoms with Crippen molar-refractivity contribution in [2.45, 2.75) is 13.0 Å². The quantitative estimate of drug-likeness (QED) is 0.666. The summed E-state index contributed by atoms with van der Waals surface area (Å²) in [6, 6.07) is 1.84. The highest BCUT2D eigenvalue weighted by Gasteiger charge is 2.03. The summed E-state index contributed by atoms with van der Waals surface area (Å²) >= 11 is 6.01. The standard InChI is InChI=1S/C13H21ClN2O3/c1-15-9-11-8-13(16-10-12(11)14)19-7-6-18-5-3-4-17-2/h8,10,15H,3-7,9H2,1-2H3. The van der Waals surface area contributed by atoms with E-state index >= 15 is 0 Å². The van der Waals surface area contributed by atoms with Gasteiger partial charge in [0.05, 0.1) is 11.6 Å². The number of aromatic nitrogens is 1. The summed E-state index contributed by atoms with van der Waals surface area (Å²) in [7, 11) is 3.54. The van der Waals surface area contributed by atoms with Gasteiger partial charge < -0.3 is 19.5 Å². The lowest BCUT2D eigenvalue weighted by atomic mass is 10.2. The molecular weight excluding hydrogens is 268 g/mol. The Morgan fingerprint density at radius 2 is 2.11 bits per heavy atom. The highest BCUT2D eigenvalue weighted by molar-refractivity contribution is 6.31. The van der Waals surface area contributed by atoms with Gasteiger partial charge in [0.25, 0.3) is 0 Å². The normalized spacial score (nSPS) is 10.7. The van der Waals surface area contributed by atoms with Gasteiger partial charge in [0.1, 0.15) is 6.61 Å². The van der Waals surface area contributed by atoms with Crippen molar-refractivity contribution in [1.82, 2.24) is 10.3 Å². The third-order valence-electron chi connectivity index (χ3n) is 2.39. The van der Waals surface area contributed by atoms with Crippen LogP contribution in [0.15, 0.2) is 12.3 Å². The highest BCUT2D eigenvalue weighted by Crippen LogP contribution is 2.18. The van der Waals surface area contributed by atoms with Gasteiger partial charge in [0, 0.05) is 39.1 Å². The molecule has 1 aromatic heterocycles. The van der Waals surface area contributed by atoms with Crippen molar-refractivity contribution in [1.29, 1.82) is 0 Å². The molecule has 108 valence electrons. The van der Waals surface area contributed by atoms with E-state index in [1.54, 1.807) is 13.3 Å². The Balaban J connectivity index is 2.23. The molecule has 0 saturated carbocycles. The number of nitrogens with one attached hydrogen (secondary N) is 1. The molecule has 0 aliphatic heterocycles. The number of nitrogens with zero attached hydrogens (tertiary/aromatic N) is 1. The van der Waals surface area contributed by atoms with Crippen molar-refractivity contribution in [2.24, 2.45) is 0 Å². The predicted octanol–water partition coefficient (Wildman–Crippen LogP) is 1.89. The zero-order valence-electron chi connectivity index (χ0n) is 11.4. The minimum atomic E-state index is 0.473. The molecule has 19 heavy (non-hydrogen) atoms. The topological polar surface area (TPSA) is 52.6 Å². The summed E-state index contributed by atoms with van der Waals surface area (Å²) in [5.41, 5.74) is 0.968. The molecule has 0 fully saturated rings. The number of hydrogen-bond donors (Lipinski definition) is 1. The molecule has 0 aromatic carbocycles. The lowest BCUT2D eigenvalue weighted by molar-refractivity contribution is 0.0795. The van der Waals surface area contributed by atoms with Gasteiger partial charge in [-0.25, -0.2) is 4.98 Å². The maximum Gasteiger partial charge on any atom is 0.213 e. The molecule has 6 heteroatoms. The van der Waals surface area contributed by atoms with E-state index < -0.39 is 0 Å². The van der Waals surface area contributed by atoms with Crippen molar-refractivity contribution in [3.8, 4) is 5.88 Å².